The van der Waals surface area contributed by atoms with Gasteiger partial charge in [-0.1, -0.05) is 25.5 Å². The number of halogens is 4. The summed E-state index contributed by atoms with van der Waals surface area (Å²) in [5, 5.41) is 0. The molecular weight excluding hydrogens is 488 g/mol. The third-order valence-corrected chi connectivity index (χ3v) is 6.83. The second kappa shape index (κ2) is 10.6. The van der Waals surface area contributed by atoms with Crippen molar-refractivity contribution in [1.29, 1.82) is 0 Å². The number of hydrogen-bond acceptors (Lipinski definition) is 4. The topological polar surface area (TPSA) is 48.1 Å². The van der Waals surface area contributed by atoms with E-state index in [1.54, 1.807) is 24.3 Å². The first-order chi connectivity index (χ1) is 17.8. The normalized spacial score (nSPS) is 21.1. The summed E-state index contributed by atoms with van der Waals surface area (Å²) in [5.41, 5.74) is -0.0495. The van der Waals surface area contributed by atoms with Crippen molar-refractivity contribution in [1.82, 2.24) is 0 Å². The lowest BCUT2D eigenvalue weighted by Gasteiger charge is -2.29. The smallest absolute Gasteiger partial charge is 0.343 e. The van der Waals surface area contributed by atoms with Gasteiger partial charge in [0.25, 0.3) is 0 Å². The number of epoxide rings is 1. The first-order valence-corrected chi connectivity index (χ1v) is 12.4. The van der Waals surface area contributed by atoms with E-state index < -0.39 is 40.9 Å². The summed E-state index contributed by atoms with van der Waals surface area (Å²) < 4.78 is 74.4. The van der Waals surface area contributed by atoms with Crippen LogP contribution in [0.5, 0.6) is 5.75 Å². The van der Waals surface area contributed by atoms with Gasteiger partial charge in [0.2, 0.25) is 0 Å². The molecule has 194 valence electrons. The van der Waals surface area contributed by atoms with Gasteiger partial charge in [-0.25, -0.2) is 22.4 Å². The molecule has 0 saturated carbocycles. The minimum atomic E-state index is -1.12. The molecule has 5 rings (SSSR count). The second-order valence-corrected chi connectivity index (χ2v) is 9.50. The molecule has 2 saturated heterocycles. The molecule has 0 amide bonds. The molecule has 3 unspecified atom stereocenters. The zero-order chi connectivity index (χ0) is 26.1. The van der Waals surface area contributed by atoms with Crippen molar-refractivity contribution < 1.29 is 36.6 Å². The highest BCUT2D eigenvalue weighted by Gasteiger charge is 2.32. The van der Waals surface area contributed by atoms with Gasteiger partial charge in [-0.05, 0) is 60.6 Å². The summed E-state index contributed by atoms with van der Waals surface area (Å²) in [4.78, 5) is 12.6. The molecule has 3 aromatic rings. The van der Waals surface area contributed by atoms with Crippen LogP contribution in [0.2, 0.25) is 0 Å². The SMILES string of the molecule is CCCC1CCC(c2ccc(C(=O)Oc3cc(F)c(-c4cc(F)c(C5CO5)c(F)c4)c(F)c3)cc2)OC1. The Hall–Kier alpha value is -3.23. The number of esters is 1. The fraction of sp³-hybridized carbons (Fsp3) is 0.345. The molecule has 8 heteroatoms. The summed E-state index contributed by atoms with van der Waals surface area (Å²) >= 11 is 0. The molecule has 37 heavy (non-hydrogen) atoms. The fourth-order valence-electron chi connectivity index (χ4n) is 4.84. The minimum Gasteiger partial charge on any atom is -0.423 e. The van der Waals surface area contributed by atoms with E-state index in [9.17, 15) is 22.4 Å². The predicted molar refractivity (Wildman–Crippen MR) is 128 cm³/mol. The molecular formula is C29H26F4O4. The standard InChI is InChI=1S/C29H26F4O4/c1-2-3-16-4-9-25(35-14-16)17-5-7-18(8-6-17)29(34)37-20-12-23(32)27(24(33)13-20)19-10-21(30)28(22(31)11-19)26-15-36-26/h5-8,10-13,16,25-26H,2-4,9,14-15H2,1H3. The molecule has 3 aromatic carbocycles. The summed E-state index contributed by atoms with van der Waals surface area (Å²) in [6.45, 7) is 3.06. The molecule has 2 aliphatic heterocycles. The van der Waals surface area contributed by atoms with Crippen LogP contribution in [0.4, 0.5) is 17.6 Å². The third-order valence-electron chi connectivity index (χ3n) is 6.83. The molecule has 2 fully saturated rings. The van der Waals surface area contributed by atoms with Crippen LogP contribution in [0.15, 0.2) is 48.5 Å². The van der Waals surface area contributed by atoms with Gasteiger partial charge in [-0.3, -0.25) is 0 Å². The van der Waals surface area contributed by atoms with Crippen molar-refractivity contribution in [2.24, 2.45) is 5.92 Å². The van der Waals surface area contributed by atoms with Crippen LogP contribution in [0.3, 0.4) is 0 Å². The van der Waals surface area contributed by atoms with Gasteiger partial charge in [0.1, 0.15) is 35.1 Å². The minimum absolute atomic E-state index is 0.0329. The third kappa shape index (κ3) is 5.55. The highest BCUT2D eigenvalue weighted by atomic mass is 19.1. The Kier molecular flexibility index (Phi) is 7.31. The van der Waals surface area contributed by atoms with E-state index in [0.717, 1.165) is 55.5 Å². The summed E-state index contributed by atoms with van der Waals surface area (Å²) in [5.74, 6) is -4.72. The van der Waals surface area contributed by atoms with Crippen molar-refractivity contribution >= 4 is 5.97 Å². The summed E-state index contributed by atoms with van der Waals surface area (Å²) in [7, 11) is 0. The maximum Gasteiger partial charge on any atom is 0.343 e. The molecule has 0 bridgehead atoms. The Labute approximate surface area is 212 Å². The Morgan fingerprint density at radius 3 is 2.03 bits per heavy atom. The maximum absolute atomic E-state index is 14.8. The molecule has 0 aliphatic carbocycles. The van der Waals surface area contributed by atoms with Gasteiger partial charge in [-0.2, -0.15) is 0 Å². The van der Waals surface area contributed by atoms with Gasteiger partial charge in [0, 0.05) is 12.1 Å². The number of rotatable bonds is 7. The average molecular weight is 515 g/mol. The van der Waals surface area contributed by atoms with Gasteiger partial charge in [0.15, 0.2) is 0 Å². The Morgan fingerprint density at radius 1 is 0.865 bits per heavy atom. The van der Waals surface area contributed by atoms with E-state index in [1.807, 2.05) is 0 Å². The van der Waals surface area contributed by atoms with E-state index in [-0.39, 0.29) is 35.2 Å². The largest absolute Gasteiger partial charge is 0.423 e. The molecule has 0 aromatic heterocycles. The van der Waals surface area contributed by atoms with Crippen LogP contribution in [0.25, 0.3) is 11.1 Å². The molecule has 0 spiro atoms. The van der Waals surface area contributed by atoms with Crippen LogP contribution >= 0.6 is 0 Å². The number of benzene rings is 3. The molecule has 2 aliphatic rings. The highest BCUT2D eigenvalue weighted by molar-refractivity contribution is 5.91. The van der Waals surface area contributed by atoms with Crippen molar-refractivity contribution in [3.8, 4) is 16.9 Å². The van der Waals surface area contributed by atoms with Crippen molar-refractivity contribution in [3.05, 3.63) is 88.5 Å². The van der Waals surface area contributed by atoms with E-state index in [4.69, 9.17) is 14.2 Å². The van der Waals surface area contributed by atoms with Gasteiger partial charge in [0.05, 0.1) is 36.0 Å². The van der Waals surface area contributed by atoms with E-state index in [1.165, 1.54) is 0 Å². The lowest BCUT2D eigenvalue weighted by molar-refractivity contribution is -0.0194. The highest BCUT2D eigenvalue weighted by Crippen LogP contribution is 2.38. The van der Waals surface area contributed by atoms with Crippen molar-refractivity contribution in [2.75, 3.05) is 13.2 Å². The molecule has 3 atom stereocenters. The first-order valence-electron chi connectivity index (χ1n) is 12.4. The zero-order valence-electron chi connectivity index (χ0n) is 20.2. The predicted octanol–water partition coefficient (Wildman–Crippen LogP) is 7.47. The molecule has 4 nitrogen and oxygen atoms in total. The van der Waals surface area contributed by atoms with Crippen LogP contribution in [-0.2, 0) is 9.47 Å². The zero-order valence-corrected chi connectivity index (χ0v) is 20.2. The van der Waals surface area contributed by atoms with Crippen LogP contribution < -0.4 is 4.74 Å². The number of hydrogen-bond donors (Lipinski definition) is 0. The molecule has 0 radical (unpaired) electrons. The maximum atomic E-state index is 14.8. The van der Waals surface area contributed by atoms with Gasteiger partial charge < -0.3 is 14.2 Å². The van der Waals surface area contributed by atoms with E-state index in [0.29, 0.717) is 12.5 Å². The van der Waals surface area contributed by atoms with Crippen LogP contribution in [0, 0.1) is 29.2 Å². The Bertz CT molecular complexity index is 1250. The lowest BCUT2D eigenvalue weighted by atomic mass is 9.91. The molecule has 0 N–H and O–H groups in total. The van der Waals surface area contributed by atoms with Gasteiger partial charge in [-0.15, -0.1) is 0 Å². The fourth-order valence-corrected chi connectivity index (χ4v) is 4.84. The van der Waals surface area contributed by atoms with Crippen LogP contribution in [-0.4, -0.2) is 19.2 Å². The van der Waals surface area contributed by atoms with Crippen LogP contribution in [0.1, 0.15) is 66.3 Å². The molecule has 2 heterocycles. The Morgan fingerprint density at radius 2 is 1.49 bits per heavy atom. The van der Waals surface area contributed by atoms with E-state index in [2.05, 4.69) is 6.92 Å². The number of carbonyl (C=O) groups excluding carboxylic acids is 1. The second-order valence-electron chi connectivity index (χ2n) is 9.50. The average Bonchev–Trinajstić information content (AvgIpc) is 3.69. The number of carbonyl (C=O) groups is 1. The van der Waals surface area contributed by atoms with Crippen molar-refractivity contribution in [2.45, 2.75) is 44.8 Å². The van der Waals surface area contributed by atoms with Gasteiger partial charge >= 0.3 is 5.97 Å². The first kappa shape index (κ1) is 25.4. The van der Waals surface area contributed by atoms with E-state index >= 15 is 0 Å². The quantitative estimate of drug-likeness (QED) is 0.142. The lowest BCUT2D eigenvalue weighted by Crippen LogP contribution is -2.20. The summed E-state index contributed by atoms with van der Waals surface area (Å²) in [6, 6.07) is 10.1. The Balaban J connectivity index is 1.28. The van der Waals surface area contributed by atoms with Crippen molar-refractivity contribution in [3.63, 3.8) is 0 Å². The number of ether oxygens (including phenoxy) is 3. The summed E-state index contributed by atoms with van der Waals surface area (Å²) in [6.07, 6.45) is 3.56. The monoisotopic (exact) mass is 514 g/mol.